The lowest BCUT2D eigenvalue weighted by Crippen LogP contribution is -2.50. The summed E-state index contributed by atoms with van der Waals surface area (Å²) in [5, 5.41) is 15.3. The molecular weight excluding hydrogens is 441 g/mol. The number of rotatable bonds is 5. The van der Waals surface area contributed by atoms with Crippen molar-refractivity contribution in [1.29, 1.82) is 0 Å². The van der Waals surface area contributed by atoms with Gasteiger partial charge in [-0.1, -0.05) is 12.8 Å². The van der Waals surface area contributed by atoms with Gasteiger partial charge in [-0.3, -0.25) is 0 Å². The van der Waals surface area contributed by atoms with Gasteiger partial charge in [-0.15, -0.1) is 34.2 Å². The molecule has 0 spiro atoms. The zero-order chi connectivity index (χ0) is 17.6. The summed E-state index contributed by atoms with van der Waals surface area (Å²) >= 11 is 0. The summed E-state index contributed by atoms with van der Waals surface area (Å²) < 4.78 is 1.99. The first-order chi connectivity index (χ1) is 12.2. The van der Waals surface area contributed by atoms with E-state index in [0.29, 0.717) is 12.6 Å². The number of halogens is 1. The van der Waals surface area contributed by atoms with Crippen LogP contribution in [-0.4, -0.2) is 57.3 Å². The molecule has 2 fully saturated rings. The standard InChI is InChI=1S/C18H33N7.HI/c1-4-19-18(20-13-17-23-22-14(2)24(17)3)21-15-9-11-25(12-10-15)16-7-5-6-8-16;/h15-16H,4-13H2,1-3H3,(H2,19,20,21);1H. The molecule has 0 amide bonds. The first-order valence-corrected chi connectivity index (χ1v) is 9.81. The average molecular weight is 475 g/mol. The van der Waals surface area contributed by atoms with Crippen molar-refractivity contribution in [3.63, 3.8) is 0 Å². The number of nitrogens with one attached hydrogen (secondary N) is 2. The van der Waals surface area contributed by atoms with E-state index in [0.717, 1.165) is 30.2 Å². The third-order valence-corrected chi connectivity index (χ3v) is 5.62. The number of aryl methyl sites for hydroxylation is 1. The molecule has 1 saturated heterocycles. The number of nitrogens with zero attached hydrogens (tertiary/aromatic N) is 5. The second kappa shape index (κ2) is 10.4. The van der Waals surface area contributed by atoms with Gasteiger partial charge in [0.2, 0.25) is 0 Å². The number of guanidine groups is 1. The number of piperidine rings is 1. The molecule has 0 aromatic carbocycles. The minimum Gasteiger partial charge on any atom is -0.357 e. The number of likely N-dealkylation sites (tertiary alicyclic amines) is 1. The molecule has 1 aliphatic heterocycles. The van der Waals surface area contributed by atoms with E-state index in [2.05, 4.69) is 32.7 Å². The van der Waals surface area contributed by atoms with Crippen LogP contribution in [0.25, 0.3) is 0 Å². The van der Waals surface area contributed by atoms with E-state index in [1.807, 2.05) is 18.5 Å². The maximum Gasteiger partial charge on any atom is 0.191 e. The SMILES string of the molecule is CCNC(=NCc1nnc(C)n1C)NC1CCN(C2CCCC2)CC1.I. The molecule has 2 aliphatic rings. The Labute approximate surface area is 174 Å². The minimum absolute atomic E-state index is 0. The highest BCUT2D eigenvalue weighted by molar-refractivity contribution is 14.0. The van der Waals surface area contributed by atoms with Crippen LogP contribution in [0.4, 0.5) is 0 Å². The Kier molecular flexibility index (Phi) is 8.59. The van der Waals surface area contributed by atoms with E-state index in [9.17, 15) is 0 Å². The highest BCUT2D eigenvalue weighted by Crippen LogP contribution is 2.26. The first kappa shape index (κ1) is 21.4. The Balaban J connectivity index is 0.00000243. The normalized spacial score (nSPS) is 20.2. The number of hydrogen-bond acceptors (Lipinski definition) is 4. The molecule has 3 rings (SSSR count). The van der Waals surface area contributed by atoms with E-state index < -0.39 is 0 Å². The smallest absolute Gasteiger partial charge is 0.191 e. The fourth-order valence-corrected chi connectivity index (χ4v) is 3.93. The predicted octanol–water partition coefficient (Wildman–Crippen LogP) is 2.20. The van der Waals surface area contributed by atoms with Gasteiger partial charge < -0.3 is 20.1 Å². The maximum atomic E-state index is 4.71. The van der Waals surface area contributed by atoms with E-state index in [-0.39, 0.29) is 24.0 Å². The fraction of sp³-hybridized carbons (Fsp3) is 0.833. The summed E-state index contributed by atoms with van der Waals surface area (Å²) in [6, 6.07) is 1.36. The molecule has 2 heterocycles. The topological polar surface area (TPSA) is 70.4 Å². The van der Waals surface area contributed by atoms with Gasteiger partial charge in [-0.25, -0.2) is 4.99 Å². The van der Waals surface area contributed by atoms with Gasteiger partial charge >= 0.3 is 0 Å². The van der Waals surface area contributed by atoms with Crippen molar-refractivity contribution in [3.05, 3.63) is 11.6 Å². The van der Waals surface area contributed by atoms with Gasteiger partial charge in [0, 0.05) is 38.8 Å². The van der Waals surface area contributed by atoms with Gasteiger partial charge in [0.25, 0.3) is 0 Å². The predicted molar refractivity (Wildman–Crippen MR) is 116 cm³/mol. The van der Waals surface area contributed by atoms with Crippen LogP contribution in [0.2, 0.25) is 0 Å². The fourth-order valence-electron chi connectivity index (χ4n) is 3.93. The van der Waals surface area contributed by atoms with Crippen LogP contribution in [0.1, 0.15) is 57.1 Å². The molecule has 1 aromatic rings. The molecule has 2 N–H and O–H groups in total. The quantitative estimate of drug-likeness (QED) is 0.388. The zero-order valence-corrected chi connectivity index (χ0v) is 18.7. The largest absolute Gasteiger partial charge is 0.357 e. The van der Waals surface area contributed by atoms with Crippen molar-refractivity contribution in [1.82, 2.24) is 30.3 Å². The van der Waals surface area contributed by atoms with Crippen molar-refractivity contribution in [3.8, 4) is 0 Å². The molecule has 8 heteroatoms. The van der Waals surface area contributed by atoms with Crippen LogP contribution in [0, 0.1) is 6.92 Å². The Morgan fingerprint density at radius 2 is 1.85 bits per heavy atom. The molecule has 0 atom stereocenters. The van der Waals surface area contributed by atoms with Gasteiger partial charge in [-0.05, 0) is 39.5 Å². The van der Waals surface area contributed by atoms with Gasteiger partial charge in [0.05, 0.1) is 0 Å². The van der Waals surface area contributed by atoms with Crippen molar-refractivity contribution < 1.29 is 0 Å². The van der Waals surface area contributed by atoms with Crippen LogP contribution in [-0.2, 0) is 13.6 Å². The molecular formula is C18H34IN7. The zero-order valence-electron chi connectivity index (χ0n) is 16.4. The lowest BCUT2D eigenvalue weighted by atomic mass is 10.0. The third kappa shape index (κ3) is 5.55. The van der Waals surface area contributed by atoms with E-state index >= 15 is 0 Å². The Bertz CT molecular complexity index is 572. The third-order valence-electron chi connectivity index (χ3n) is 5.62. The summed E-state index contributed by atoms with van der Waals surface area (Å²) in [5.41, 5.74) is 0. The number of aliphatic imine (C=N–C) groups is 1. The highest BCUT2D eigenvalue weighted by atomic mass is 127. The number of hydrogen-bond donors (Lipinski definition) is 2. The molecule has 7 nitrogen and oxygen atoms in total. The van der Waals surface area contributed by atoms with E-state index in [4.69, 9.17) is 4.99 Å². The Morgan fingerprint density at radius 3 is 2.42 bits per heavy atom. The lowest BCUT2D eigenvalue weighted by molar-refractivity contribution is 0.150. The lowest BCUT2D eigenvalue weighted by Gasteiger charge is -2.36. The van der Waals surface area contributed by atoms with E-state index in [1.165, 1.54) is 51.6 Å². The second-order valence-electron chi connectivity index (χ2n) is 7.31. The van der Waals surface area contributed by atoms with E-state index in [1.54, 1.807) is 0 Å². The molecule has 0 radical (unpaired) electrons. The van der Waals surface area contributed by atoms with Crippen molar-refractivity contribution >= 4 is 29.9 Å². The Hall–Kier alpha value is -0.900. The van der Waals surface area contributed by atoms with Gasteiger partial charge in [0.15, 0.2) is 11.8 Å². The molecule has 1 aliphatic carbocycles. The summed E-state index contributed by atoms with van der Waals surface area (Å²) in [4.78, 5) is 7.41. The van der Waals surface area contributed by atoms with Gasteiger partial charge in [-0.2, -0.15) is 0 Å². The Morgan fingerprint density at radius 1 is 1.15 bits per heavy atom. The summed E-state index contributed by atoms with van der Waals surface area (Å²) in [6.07, 6.45) is 8.04. The minimum atomic E-state index is 0. The molecule has 26 heavy (non-hydrogen) atoms. The average Bonchev–Trinajstić information content (AvgIpc) is 3.26. The molecule has 1 aromatic heterocycles. The van der Waals surface area contributed by atoms with Crippen LogP contribution in [0.15, 0.2) is 4.99 Å². The van der Waals surface area contributed by atoms with Crippen LogP contribution >= 0.6 is 24.0 Å². The van der Waals surface area contributed by atoms with Crippen molar-refractivity contribution in [2.75, 3.05) is 19.6 Å². The van der Waals surface area contributed by atoms with Crippen LogP contribution < -0.4 is 10.6 Å². The van der Waals surface area contributed by atoms with Gasteiger partial charge in [0.1, 0.15) is 12.4 Å². The van der Waals surface area contributed by atoms with Crippen LogP contribution in [0.3, 0.4) is 0 Å². The summed E-state index contributed by atoms with van der Waals surface area (Å²) in [6.45, 7) is 7.90. The highest BCUT2D eigenvalue weighted by Gasteiger charge is 2.27. The monoisotopic (exact) mass is 475 g/mol. The first-order valence-electron chi connectivity index (χ1n) is 9.81. The maximum absolute atomic E-state index is 4.71. The van der Waals surface area contributed by atoms with Crippen molar-refractivity contribution in [2.24, 2.45) is 12.0 Å². The molecule has 1 saturated carbocycles. The second-order valence-corrected chi connectivity index (χ2v) is 7.31. The van der Waals surface area contributed by atoms with Crippen LogP contribution in [0.5, 0.6) is 0 Å². The van der Waals surface area contributed by atoms with Crippen molar-refractivity contribution in [2.45, 2.75) is 71.0 Å². The molecule has 148 valence electrons. The molecule has 0 bridgehead atoms. The summed E-state index contributed by atoms with van der Waals surface area (Å²) in [7, 11) is 1.99. The summed E-state index contributed by atoms with van der Waals surface area (Å²) in [5.74, 6) is 2.70. The number of aromatic nitrogens is 3. The molecule has 0 unspecified atom stereocenters.